The second-order valence-electron chi connectivity index (χ2n) is 8.27. The quantitative estimate of drug-likeness (QED) is 0.127. The SMILES string of the molecule is CCN(CC)/C(=C\C=C\C(c1ccc(C)cc1)=[N+](CC)CC)c1ccc(C)cc1.O=S(=O)([O-])C(F)(F)F. The lowest BCUT2D eigenvalue weighted by atomic mass is 10.1. The maximum atomic E-state index is 10.7. The van der Waals surface area contributed by atoms with E-state index >= 15 is 0 Å². The van der Waals surface area contributed by atoms with Gasteiger partial charge in [-0.05, 0) is 65.3 Å². The molecule has 0 spiro atoms. The fourth-order valence-electron chi connectivity index (χ4n) is 3.58. The van der Waals surface area contributed by atoms with Gasteiger partial charge in [-0.2, -0.15) is 13.2 Å². The van der Waals surface area contributed by atoms with Gasteiger partial charge in [0.25, 0.3) is 0 Å². The molecule has 0 amide bonds. The van der Waals surface area contributed by atoms with E-state index < -0.39 is 15.6 Å². The summed E-state index contributed by atoms with van der Waals surface area (Å²) in [7, 11) is -6.09. The van der Waals surface area contributed by atoms with Crippen molar-refractivity contribution >= 4 is 21.5 Å². The van der Waals surface area contributed by atoms with E-state index in [1.807, 2.05) is 0 Å². The Balaban J connectivity index is 0.000000738. The van der Waals surface area contributed by atoms with Crippen LogP contribution in [0.4, 0.5) is 13.2 Å². The second kappa shape index (κ2) is 14.7. The van der Waals surface area contributed by atoms with E-state index in [0.29, 0.717) is 0 Å². The first-order valence-electron chi connectivity index (χ1n) is 12.2. The number of benzene rings is 2. The van der Waals surface area contributed by atoms with E-state index in [9.17, 15) is 13.2 Å². The summed E-state index contributed by atoms with van der Waals surface area (Å²) < 4.78 is 61.3. The summed E-state index contributed by atoms with van der Waals surface area (Å²) in [5.41, 5.74) is 2.02. The summed E-state index contributed by atoms with van der Waals surface area (Å²) in [6.45, 7) is 17.1. The molecule has 9 heteroatoms. The highest BCUT2D eigenvalue weighted by Gasteiger charge is 2.36. The van der Waals surface area contributed by atoms with Crippen LogP contribution in [0.2, 0.25) is 0 Å². The standard InChI is InChI=1S/C27H37N2.CHF3O3S/c1-7-28(8-2)26(24-18-14-22(5)15-19-24)12-11-13-27(29(9-3)10-4)25-20-16-23(6)17-21-25;2-1(3,4)8(5,6)7/h11-21H,7-10H2,1-6H3;(H,5,6,7)/q+1;/p-1. The van der Waals surface area contributed by atoms with E-state index in [2.05, 4.69) is 118 Å². The minimum atomic E-state index is -6.09. The molecule has 0 aliphatic rings. The van der Waals surface area contributed by atoms with Gasteiger partial charge in [-0.25, -0.2) is 13.0 Å². The molecule has 2 aromatic carbocycles. The molecule has 2 aromatic rings. The molecule has 5 nitrogen and oxygen atoms in total. The topological polar surface area (TPSA) is 63.5 Å². The van der Waals surface area contributed by atoms with Crippen molar-refractivity contribution < 1.29 is 30.7 Å². The maximum absolute atomic E-state index is 10.7. The van der Waals surface area contributed by atoms with Crippen molar-refractivity contribution in [1.82, 2.24) is 4.90 Å². The van der Waals surface area contributed by atoms with Crippen LogP contribution in [0, 0.1) is 13.8 Å². The third-order valence-corrected chi connectivity index (χ3v) is 6.26. The smallest absolute Gasteiger partial charge is 0.485 e. The highest BCUT2D eigenvalue weighted by Crippen LogP contribution is 2.21. The van der Waals surface area contributed by atoms with Gasteiger partial charge >= 0.3 is 5.51 Å². The number of hydrogen-bond donors (Lipinski definition) is 0. The third kappa shape index (κ3) is 10.2. The lowest BCUT2D eigenvalue weighted by Crippen LogP contribution is -2.21. The van der Waals surface area contributed by atoms with Crippen molar-refractivity contribution in [3.05, 3.63) is 89.0 Å². The van der Waals surface area contributed by atoms with Gasteiger partial charge in [0.05, 0.1) is 0 Å². The number of allylic oxidation sites excluding steroid dienone is 3. The number of aryl methyl sites for hydroxylation is 2. The number of alkyl halides is 3. The number of hydrogen-bond acceptors (Lipinski definition) is 4. The van der Waals surface area contributed by atoms with Gasteiger partial charge in [-0.3, -0.25) is 0 Å². The van der Waals surface area contributed by atoms with Crippen molar-refractivity contribution in [2.75, 3.05) is 26.2 Å². The summed E-state index contributed by atoms with van der Waals surface area (Å²) in [6, 6.07) is 17.7. The normalized spacial score (nSPS) is 12.2. The Morgan fingerprint density at radius 3 is 1.62 bits per heavy atom. The summed E-state index contributed by atoms with van der Waals surface area (Å²) in [6.07, 6.45) is 6.73. The Bertz CT molecular complexity index is 1170. The molecule has 0 saturated heterocycles. The third-order valence-electron chi connectivity index (χ3n) is 5.69. The highest BCUT2D eigenvalue weighted by atomic mass is 32.2. The van der Waals surface area contributed by atoms with Crippen molar-refractivity contribution in [2.45, 2.75) is 47.1 Å². The van der Waals surface area contributed by atoms with Crippen LogP contribution in [0.15, 0.2) is 66.8 Å². The van der Waals surface area contributed by atoms with Gasteiger partial charge in [0.1, 0.15) is 13.1 Å². The Hall–Kier alpha value is -2.91. The molecular formula is C28H37F3N2O3S. The van der Waals surface area contributed by atoms with Gasteiger partial charge < -0.3 is 9.45 Å². The van der Waals surface area contributed by atoms with Crippen LogP contribution < -0.4 is 0 Å². The average Bonchev–Trinajstić information content (AvgIpc) is 2.83. The Morgan fingerprint density at radius 1 is 0.865 bits per heavy atom. The first kappa shape index (κ1) is 32.1. The van der Waals surface area contributed by atoms with Crippen LogP contribution in [0.25, 0.3) is 5.70 Å². The average molecular weight is 539 g/mol. The van der Waals surface area contributed by atoms with Crippen LogP contribution in [0.5, 0.6) is 0 Å². The van der Waals surface area contributed by atoms with Crippen molar-refractivity contribution in [3.8, 4) is 0 Å². The van der Waals surface area contributed by atoms with Crippen LogP contribution in [0.1, 0.15) is 49.9 Å². The molecule has 0 unspecified atom stereocenters. The molecule has 0 fully saturated rings. The van der Waals surface area contributed by atoms with Crippen molar-refractivity contribution in [2.24, 2.45) is 0 Å². The highest BCUT2D eigenvalue weighted by molar-refractivity contribution is 7.86. The zero-order chi connectivity index (χ0) is 28.2. The fraction of sp³-hybridized carbons (Fsp3) is 0.393. The molecule has 0 aliphatic heterocycles. The van der Waals surface area contributed by atoms with Gasteiger partial charge in [0.2, 0.25) is 5.71 Å². The molecule has 0 N–H and O–H groups in total. The molecule has 0 heterocycles. The summed E-state index contributed by atoms with van der Waals surface area (Å²) in [5, 5.41) is 0. The molecule has 0 radical (unpaired) electrons. The molecule has 0 bridgehead atoms. The monoisotopic (exact) mass is 538 g/mol. The second-order valence-corrected chi connectivity index (χ2v) is 9.64. The van der Waals surface area contributed by atoms with Crippen LogP contribution >= 0.6 is 0 Å². The largest absolute Gasteiger partial charge is 0.741 e. The molecule has 0 atom stereocenters. The minimum Gasteiger partial charge on any atom is -0.741 e. The molecule has 0 saturated carbocycles. The molecule has 37 heavy (non-hydrogen) atoms. The summed E-state index contributed by atoms with van der Waals surface area (Å²) in [5.74, 6) is 0. The van der Waals surface area contributed by atoms with Crippen LogP contribution in [-0.2, 0) is 10.1 Å². The zero-order valence-electron chi connectivity index (χ0n) is 22.3. The van der Waals surface area contributed by atoms with Gasteiger partial charge in [-0.15, -0.1) is 0 Å². The summed E-state index contributed by atoms with van der Waals surface area (Å²) >= 11 is 0. The molecular weight excluding hydrogens is 501 g/mol. The number of rotatable bonds is 9. The predicted molar refractivity (Wildman–Crippen MR) is 144 cm³/mol. The lowest BCUT2D eigenvalue weighted by molar-refractivity contribution is -0.519. The van der Waals surface area contributed by atoms with Crippen molar-refractivity contribution in [3.63, 3.8) is 0 Å². The number of nitrogens with zero attached hydrogens (tertiary/aromatic N) is 2. The Kier molecular flexibility index (Phi) is 12.8. The first-order chi connectivity index (χ1) is 17.3. The molecule has 204 valence electrons. The van der Waals surface area contributed by atoms with E-state index in [-0.39, 0.29) is 0 Å². The first-order valence-corrected chi connectivity index (χ1v) is 13.6. The molecule has 0 aliphatic carbocycles. The van der Waals surface area contributed by atoms with E-state index in [4.69, 9.17) is 13.0 Å². The van der Waals surface area contributed by atoms with Crippen LogP contribution in [0.3, 0.4) is 0 Å². The fourth-order valence-corrected chi connectivity index (χ4v) is 3.58. The lowest BCUT2D eigenvalue weighted by Gasteiger charge is -2.24. The van der Waals surface area contributed by atoms with Gasteiger partial charge in [-0.1, -0.05) is 53.6 Å². The number of halogens is 3. The maximum Gasteiger partial charge on any atom is 0.485 e. The Labute approximate surface area is 219 Å². The molecule has 0 aromatic heterocycles. The Morgan fingerprint density at radius 2 is 1.27 bits per heavy atom. The summed E-state index contributed by atoms with van der Waals surface area (Å²) in [4.78, 5) is 2.41. The predicted octanol–water partition coefficient (Wildman–Crippen LogP) is 6.14. The van der Waals surface area contributed by atoms with Gasteiger partial charge in [0, 0.05) is 30.4 Å². The van der Waals surface area contributed by atoms with E-state index in [0.717, 1.165) is 26.2 Å². The van der Waals surface area contributed by atoms with E-state index in [1.54, 1.807) is 0 Å². The van der Waals surface area contributed by atoms with Crippen LogP contribution in [-0.4, -0.2) is 59.8 Å². The molecule has 2 rings (SSSR count). The van der Waals surface area contributed by atoms with Gasteiger partial charge in [0.15, 0.2) is 10.1 Å². The zero-order valence-corrected chi connectivity index (χ0v) is 23.2. The van der Waals surface area contributed by atoms with E-state index in [1.165, 1.54) is 33.7 Å². The minimum absolute atomic E-state index is 0.995. The van der Waals surface area contributed by atoms with Crippen molar-refractivity contribution in [1.29, 1.82) is 0 Å².